The van der Waals surface area contributed by atoms with Crippen molar-refractivity contribution >= 4 is 0 Å². The lowest BCUT2D eigenvalue weighted by molar-refractivity contribution is 0.305. The molecule has 0 spiro atoms. The second kappa shape index (κ2) is 9.62. The molecule has 1 unspecified atom stereocenters. The number of hydrogen-bond acceptors (Lipinski definition) is 2. The van der Waals surface area contributed by atoms with Crippen molar-refractivity contribution < 1.29 is 4.74 Å². The van der Waals surface area contributed by atoms with Crippen LogP contribution in [0.4, 0.5) is 0 Å². The molecule has 0 radical (unpaired) electrons. The average Bonchev–Trinajstić information content (AvgIpc) is 3.18. The van der Waals surface area contributed by atoms with E-state index in [1.54, 1.807) is 0 Å². The van der Waals surface area contributed by atoms with Gasteiger partial charge in [0.05, 0.1) is 0 Å². The number of rotatable bonds is 9. The molecule has 2 aromatic carbocycles. The van der Waals surface area contributed by atoms with Gasteiger partial charge in [0.15, 0.2) is 0 Å². The van der Waals surface area contributed by atoms with Crippen LogP contribution in [0.5, 0.6) is 5.75 Å². The molecule has 1 aliphatic rings. The maximum Gasteiger partial charge on any atom is 0.120 e. The minimum absolute atomic E-state index is 0.436. The quantitative estimate of drug-likeness (QED) is 0.616. The Labute approximate surface area is 152 Å². The fourth-order valence-electron chi connectivity index (χ4n) is 3.90. The van der Waals surface area contributed by atoms with Gasteiger partial charge in [0.25, 0.3) is 0 Å². The molecule has 1 saturated carbocycles. The predicted molar refractivity (Wildman–Crippen MR) is 105 cm³/mol. The lowest BCUT2D eigenvalue weighted by Gasteiger charge is -2.21. The fourth-order valence-corrected chi connectivity index (χ4v) is 3.90. The lowest BCUT2D eigenvalue weighted by Crippen LogP contribution is -2.21. The molecule has 0 amide bonds. The van der Waals surface area contributed by atoms with Gasteiger partial charge in [0, 0.05) is 6.04 Å². The third-order valence-electron chi connectivity index (χ3n) is 5.30. The lowest BCUT2D eigenvalue weighted by atomic mass is 9.94. The molecule has 0 heterocycles. The largest absolute Gasteiger partial charge is 0.489 e. The molecule has 0 saturated heterocycles. The van der Waals surface area contributed by atoms with Crippen molar-refractivity contribution in [3.05, 3.63) is 65.7 Å². The number of ether oxygens (including phenoxy) is 1. The van der Waals surface area contributed by atoms with Crippen LogP contribution in [0.3, 0.4) is 0 Å². The number of nitrogens with one attached hydrogen (secondary N) is 1. The van der Waals surface area contributed by atoms with Crippen molar-refractivity contribution in [2.45, 2.75) is 58.1 Å². The first-order valence-corrected chi connectivity index (χ1v) is 9.85. The SMILES string of the molecule is CCNC(CCC1CCCC1)c1cccc(OCc2ccccc2)c1. The van der Waals surface area contributed by atoms with E-state index in [4.69, 9.17) is 4.74 Å². The Morgan fingerprint density at radius 1 is 1.04 bits per heavy atom. The van der Waals surface area contributed by atoms with Crippen molar-refractivity contribution in [1.82, 2.24) is 5.32 Å². The van der Waals surface area contributed by atoms with E-state index in [9.17, 15) is 0 Å². The van der Waals surface area contributed by atoms with Gasteiger partial charge in [0.1, 0.15) is 12.4 Å². The van der Waals surface area contributed by atoms with Crippen molar-refractivity contribution in [3.63, 3.8) is 0 Å². The molecule has 0 bridgehead atoms. The zero-order valence-electron chi connectivity index (χ0n) is 15.4. The Bertz CT molecular complexity index is 619. The molecule has 0 aliphatic heterocycles. The van der Waals surface area contributed by atoms with Gasteiger partial charge >= 0.3 is 0 Å². The summed E-state index contributed by atoms with van der Waals surface area (Å²) in [5.74, 6) is 1.91. The molecule has 134 valence electrons. The zero-order chi connectivity index (χ0) is 17.3. The zero-order valence-corrected chi connectivity index (χ0v) is 15.4. The number of benzene rings is 2. The highest BCUT2D eigenvalue weighted by Crippen LogP contribution is 2.32. The molecular formula is C23H31NO. The van der Waals surface area contributed by atoms with E-state index in [1.807, 2.05) is 6.07 Å². The topological polar surface area (TPSA) is 21.3 Å². The highest BCUT2D eigenvalue weighted by Gasteiger charge is 2.18. The van der Waals surface area contributed by atoms with Crippen LogP contribution in [0.1, 0.15) is 62.6 Å². The maximum absolute atomic E-state index is 6.01. The maximum atomic E-state index is 6.01. The third kappa shape index (κ3) is 5.61. The molecule has 1 atom stereocenters. The van der Waals surface area contributed by atoms with E-state index >= 15 is 0 Å². The van der Waals surface area contributed by atoms with Crippen molar-refractivity contribution in [1.29, 1.82) is 0 Å². The van der Waals surface area contributed by atoms with Gasteiger partial charge in [-0.3, -0.25) is 0 Å². The summed E-state index contributed by atoms with van der Waals surface area (Å²) in [5.41, 5.74) is 2.56. The van der Waals surface area contributed by atoms with Crippen LogP contribution < -0.4 is 10.1 Å². The molecule has 0 aromatic heterocycles. The molecule has 2 aromatic rings. The Hall–Kier alpha value is -1.80. The Morgan fingerprint density at radius 3 is 2.60 bits per heavy atom. The average molecular weight is 338 g/mol. The third-order valence-corrected chi connectivity index (χ3v) is 5.30. The summed E-state index contributed by atoms with van der Waals surface area (Å²) in [7, 11) is 0. The van der Waals surface area contributed by atoms with E-state index in [1.165, 1.54) is 49.7 Å². The summed E-state index contributed by atoms with van der Waals surface area (Å²) in [5, 5.41) is 3.67. The molecule has 1 aliphatic carbocycles. The van der Waals surface area contributed by atoms with Crippen molar-refractivity contribution in [3.8, 4) is 5.75 Å². The van der Waals surface area contributed by atoms with Crippen LogP contribution in [-0.4, -0.2) is 6.54 Å². The monoisotopic (exact) mass is 337 g/mol. The van der Waals surface area contributed by atoms with E-state index in [0.29, 0.717) is 12.6 Å². The van der Waals surface area contributed by atoms with Gasteiger partial charge in [-0.15, -0.1) is 0 Å². The van der Waals surface area contributed by atoms with Crippen LogP contribution in [0, 0.1) is 5.92 Å². The first-order valence-electron chi connectivity index (χ1n) is 9.85. The second-order valence-electron chi connectivity index (χ2n) is 7.18. The molecule has 3 rings (SSSR count). The summed E-state index contributed by atoms with van der Waals surface area (Å²) in [6.45, 7) is 3.82. The van der Waals surface area contributed by atoms with Crippen LogP contribution in [0.2, 0.25) is 0 Å². The highest BCUT2D eigenvalue weighted by molar-refractivity contribution is 5.31. The van der Waals surface area contributed by atoms with Crippen LogP contribution >= 0.6 is 0 Å². The highest BCUT2D eigenvalue weighted by atomic mass is 16.5. The Balaban J connectivity index is 1.60. The molecule has 1 fully saturated rings. The standard InChI is InChI=1S/C23H31NO/c1-2-24-23(16-15-19-9-6-7-10-19)21-13-8-14-22(17-21)25-18-20-11-4-3-5-12-20/h3-5,8,11-14,17,19,23-24H,2,6-7,9-10,15-16,18H2,1H3. The van der Waals surface area contributed by atoms with E-state index < -0.39 is 0 Å². The van der Waals surface area contributed by atoms with E-state index in [0.717, 1.165) is 18.2 Å². The summed E-state index contributed by atoms with van der Waals surface area (Å²) in [6.07, 6.45) is 8.28. The normalized spacial score (nSPS) is 16.0. The fraction of sp³-hybridized carbons (Fsp3) is 0.478. The first-order chi connectivity index (χ1) is 12.3. The molecular weight excluding hydrogens is 306 g/mol. The summed E-state index contributed by atoms with van der Waals surface area (Å²) < 4.78 is 6.01. The molecule has 25 heavy (non-hydrogen) atoms. The summed E-state index contributed by atoms with van der Waals surface area (Å²) in [4.78, 5) is 0. The second-order valence-corrected chi connectivity index (χ2v) is 7.18. The van der Waals surface area contributed by atoms with Gasteiger partial charge in [-0.05, 0) is 48.6 Å². The van der Waals surface area contributed by atoms with E-state index in [-0.39, 0.29) is 0 Å². The van der Waals surface area contributed by atoms with E-state index in [2.05, 4.69) is 60.8 Å². The molecule has 2 nitrogen and oxygen atoms in total. The van der Waals surface area contributed by atoms with Gasteiger partial charge in [-0.1, -0.05) is 75.1 Å². The Morgan fingerprint density at radius 2 is 1.84 bits per heavy atom. The molecule has 2 heteroatoms. The van der Waals surface area contributed by atoms with Gasteiger partial charge < -0.3 is 10.1 Å². The van der Waals surface area contributed by atoms with Crippen molar-refractivity contribution in [2.24, 2.45) is 5.92 Å². The van der Waals surface area contributed by atoms with Gasteiger partial charge in [0.2, 0.25) is 0 Å². The summed E-state index contributed by atoms with van der Waals surface area (Å²) in [6, 6.07) is 19.4. The minimum Gasteiger partial charge on any atom is -0.489 e. The first kappa shape index (κ1) is 18.0. The summed E-state index contributed by atoms with van der Waals surface area (Å²) >= 11 is 0. The van der Waals surface area contributed by atoms with Gasteiger partial charge in [-0.2, -0.15) is 0 Å². The van der Waals surface area contributed by atoms with Crippen molar-refractivity contribution in [2.75, 3.05) is 6.54 Å². The molecule has 1 N–H and O–H groups in total. The van der Waals surface area contributed by atoms with Gasteiger partial charge in [-0.25, -0.2) is 0 Å². The smallest absolute Gasteiger partial charge is 0.120 e. The van der Waals surface area contributed by atoms with Crippen LogP contribution in [0.15, 0.2) is 54.6 Å². The van der Waals surface area contributed by atoms with Crippen LogP contribution in [0.25, 0.3) is 0 Å². The van der Waals surface area contributed by atoms with Crippen LogP contribution in [-0.2, 0) is 6.61 Å². The Kier molecular flexibility index (Phi) is 6.93. The predicted octanol–water partition coefficient (Wildman–Crippen LogP) is 5.89. The number of hydrogen-bond donors (Lipinski definition) is 1. The minimum atomic E-state index is 0.436.